The van der Waals surface area contributed by atoms with E-state index in [0.29, 0.717) is 5.82 Å². The molecule has 0 saturated carbocycles. The van der Waals surface area contributed by atoms with Crippen LogP contribution >= 0.6 is 15.9 Å². The topological polar surface area (TPSA) is 54.7 Å². The van der Waals surface area contributed by atoms with Crippen LogP contribution in [0.15, 0.2) is 28.7 Å². The molecule has 16 heavy (non-hydrogen) atoms. The van der Waals surface area contributed by atoms with E-state index >= 15 is 0 Å². The molecule has 0 amide bonds. The van der Waals surface area contributed by atoms with Crippen LogP contribution in [0.25, 0.3) is 11.1 Å². The number of rotatable bonds is 3. The third-order valence-electron chi connectivity index (χ3n) is 2.50. The first kappa shape index (κ1) is 11.2. The minimum atomic E-state index is 0.575. The van der Waals surface area contributed by atoms with Gasteiger partial charge in [0, 0.05) is 15.7 Å². The van der Waals surface area contributed by atoms with Crippen LogP contribution in [-0.2, 0) is 6.42 Å². The minimum Gasteiger partial charge on any atom is -0.382 e. The highest BCUT2D eigenvalue weighted by atomic mass is 79.9. The Morgan fingerprint density at radius 3 is 2.62 bits per heavy atom. The van der Waals surface area contributed by atoms with Crippen LogP contribution in [-0.4, -0.2) is 10.2 Å². The lowest BCUT2D eigenvalue weighted by Gasteiger charge is -2.03. The Labute approximate surface area is 103 Å². The maximum atomic E-state index is 5.89. The van der Waals surface area contributed by atoms with E-state index in [1.54, 1.807) is 0 Å². The SMILES string of the molecule is CCCc1[nH]nc(N)c1-c1ccc(Br)cc1. The van der Waals surface area contributed by atoms with E-state index in [1.165, 1.54) is 0 Å². The predicted molar refractivity (Wildman–Crippen MR) is 70.1 cm³/mol. The lowest BCUT2D eigenvalue weighted by molar-refractivity contribution is 0.869. The zero-order valence-electron chi connectivity index (χ0n) is 9.13. The normalized spacial score (nSPS) is 10.6. The van der Waals surface area contributed by atoms with E-state index in [-0.39, 0.29) is 0 Å². The largest absolute Gasteiger partial charge is 0.382 e. The van der Waals surface area contributed by atoms with Gasteiger partial charge >= 0.3 is 0 Å². The highest BCUT2D eigenvalue weighted by Crippen LogP contribution is 2.29. The van der Waals surface area contributed by atoms with Gasteiger partial charge in [-0.25, -0.2) is 0 Å². The number of aromatic amines is 1. The average molecular weight is 280 g/mol. The van der Waals surface area contributed by atoms with Crippen molar-refractivity contribution in [1.82, 2.24) is 10.2 Å². The molecular weight excluding hydrogens is 266 g/mol. The Bertz CT molecular complexity index is 474. The maximum absolute atomic E-state index is 5.89. The third kappa shape index (κ3) is 2.11. The second-order valence-electron chi connectivity index (χ2n) is 3.72. The number of nitrogens with zero attached hydrogens (tertiary/aromatic N) is 1. The van der Waals surface area contributed by atoms with Crippen molar-refractivity contribution in [2.45, 2.75) is 19.8 Å². The van der Waals surface area contributed by atoms with Crippen molar-refractivity contribution in [3.05, 3.63) is 34.4 Å². The van der Waals surface area contributed by atoms with Gasteiger partial charge in [-0.05, 0) is 24.1 Å². The van der Waals surface area contributed by atoms with Gasteiger partial charge in [0.25, 0.3) is 0 Å². The van der Waals surface area contributed by atoms with Crippen molar-refractivity contribution in [3.8, 4) is 11.1 Å². The Morgan fingerprint density at radius 1 is 1.31 bits per heavy atom. The van der Waals surface area contributed by atoms with Gasteiger partial charge in [-0.2, -0.15) is 5.10 Å². The fraction of sp³-hybridized carbons (Fsp3) is 0.250. The van der Waals surface area contributed by atoms with Crippen LogP contribution in [0, 0.1) is 0 Å². The standard InChI is InChI=1S/C12H14BrN3/c1-2-3-10-11(12(14)16-15-10)8-4-6-9(13)7-5-8/h4-7H,2-3H2,1H3,(H3,14,15,16). The molecule has 2 rings (SSSR count). The Morgan fingerprint density at radius 2 is 2.00 bits per heavy atom. The molecule has 0 aliphatic carbocycles. The second-order valence-corrected chi connectivity index (χ2v) is 4.63. The van der Waals surface area contributed by atoms with Crippen molar-refractivity contribution < 1.29 is 0 Å². The molecule has 84 valence electrons. The molecule has 0 saturated heterocycles. The van der Waals surface area contributed by atoms with Gasteiger partial charge in [0.2, 0.25) is 0 Å². The molecule has 0 atom stereocenters. The fourth-order valence-corrected chi connectivity index (χ4v) is 2.03. The van der Waals surface area contributed by atoms with Crippen LogP contribution in [0.4, 0.5) is 5.82 Å². The van der Waals surface area contributed by atoms with Crippen molar-refractivity contribution in [2.75, 3.05) is 5.73 Å². The summed E-state index contributed by atoms with van der Waals surface area (Å²) in [6.45, 7) is 2.14. The molecule has 0 radical (unpaired) electrons. The van der Waals surface area contributed by atoms with E-state index in [9.17, 15) is 0 Å². The number of aryl methyl sites for hydroxylation is 1. The van der Waals surface area contributed by atoms with Crippen LogP contribution in [0.3, 0.4) is 0 Å². The van der Waals surface area contributed by atoms with Gasteiger partial charge < -0.3 is 5.73 Å². The van der Waals surface area contributed by atoms with Crippen molar-refractivity contribution in [2.24, 2.45) is 0 Å². The average Bonchev–Trinajstić information content (AvgIpc) is 2.62. The van der Waals surface area contributed by atoms with Crippen molar-refractivity contribution >= 4 is 21.7 Å². The number of H-pyrrole nitrogens is 1. The maximum Gasteiger partial charge on any atom is 0.153 e. The molecule has 0 spiro atoms. The smallest absolute Gasteiger partial charge is 0.153 e. The lowest BCUT2D eigenvalue weighted by Crippen LogP contribution is -1.90. The second kappa shape index (κ2) is 4.70. The van der Waals surface area contributed by atoms with Crippen LogP contribution in [0.5, 0.6) is 0 Å². The summed E-state index contributed by atoms with van der Waals surface area (Å²) in [6.07, 6.45) is 2.04. The Balaban J connectivity index is 2.45. The van der Waals surface area contributed by atoms with Gasteiger partial charge in [0.05, 0.1) is 0 Å². The van der Waals surface area contributed by atoms with E-state index in [2.05, 4.69) is 33.1 Å². The predicted octanol–water partition coefficient (Wildman–Crippen LogP) is 3.37. The van der Waals surface area contributed by atoms with Crippen molar-refractivity contribution in [1.29, 1.82) is 0 Å². The number of hydrogen-bond acceptors (Lipinski definition) is 2. The molecule has 3 N–H and O–H groups in total. The summed E-state index contributed by atoms with van der Waals surface area (Å²) in [5, 5.41) is 7.08. The molecule has 2 aromatic rings. The van der Waals surface area contributed by atoms with E-state index in [4.69, 9.17) is 5.73 Å². The van der Waals surface area contributed by atoms with E-state index < -0.39 is 0 Å². The number of anilines is 1. The molecule has 1 aromatic heterocycles. The number of benzene rings is 1. The van der Waals surface area contributed by atoms with Gasteiger partial charge in [-0.1, -0.05) is 41.4 Å². The van der Waals surface area contributed by atoms with E-state index in [0.717, 1.165) is 34.1 Å². The summed E-state index contributed by atoms with van der Waals surface area (Å²) in [7, 11) is 0. The number of hydrogen-bond donors (Lipinski definition) is 2. The molecule has 1 heterocycles. The minimum absolute atomic E-state index is 0.575. The molecule has 0 aliphatic heterocycles. The van der Waals surface area contributed by atoms with Crippen LogP contribution < -0.4 is 5.73 Å². The monoisotopic (exact) mass is 279 g/mol. The molecule has 0 unspecified atom stereocenters. The molecule has 0 bridgehead atoms. The van der Waals surface area contributed by atoms with Crippen molar-refractivity contribution in [3.63, 3.8) is 0 Å². The van der Waals surface area contributed by atoms with Gasteiger partial charge in [0.15, 0.2) is 5.82 Å². The first-order valence-corrected chi connectivity index (χ1v) is 6.10. The van der Waals surface area contributed by atoms with Gasteiger partial charge in [0.1, 0.15) is 0 Å². The van der Waals surface area contributed by atoms with Crippen LogP contribution in [0.1, 0.15) is 19.0 Å². The third-order valence-corrected chi connectivity index (χ3v) is 3.03. The van der Waals surface area contributed by atoms with Gasteiger partial charge in [-0.15, -0.1) is 0 Å². The molecule has 4 heteroatoms. The van der Waals surface area contributed by atoms with E-state index in [1.807, 2.05) is 24.3 Å². The number of nitrogen functional groups attached to an aromatic ring is 1. The summed E-state index contributed by atoms with van der Waals surface area (Å²) < 4.78 is 1.07. The number of halogens is 1. The fourth-order valence-electron chi connectivity index (χ4n) is 1.76. The number of nitrogens with one attached hydrogen (secondary N) is 1. The molecule has 3 nitrogen and oxygen atoms in total. The Kier molecular flexibility index (Phi) is 3.29. The summed E-state index contributed by atoms with van der Waals surface area (Å²) >= 11 is 3.42. The highest BCUT2D eigenvalue weighted by molar-refractivity contribution is 9.10. The molecular formula is C12H14BrN3. The molecule has 1 aromatic carbocycles. The quantitative estimate of drug-likeness (QED) is 0.905. The number of aromatic nitrogens is 2. The summed E-state index contributed by atoms with van der Waals surface area (Å²) in [5.41, 5.74) is 9.15. The Hall–Kier alpha value is -1.29. The summed E-state index contributed by atoms with van der Waals surface area (Å²) in [4.78, 5) is 0. The molecule has 0 aliphatic rings. The zero-order valence-corrected chi connectivity index (χ0v) is 10.7. The highest BCUT2D eigenvalue weighted by Gasteiger charge is 2.11. The first-order chi connectivity index (χ1) is 7.72. The summed E-state index contributed by atoms with van der Waals surface area (Å²) in [5.74, 6) is 0.575. The molecule has 0 fully saturated rings. The van der Waals surface area contributed by atoms with Crippen LogP contribution in [0.2, 0.25) is 0 Å². The van der Waals surface area contributed by atoms with Gasteiger partial charge in [-0.3, -0.25) is 5.10 Å². The number of nitrogens with two attached hydrogens (primary N) is 1. The first-order valence-electron chi connectivity index (χ1n) is 5.31. The zero-order chi connectivity index (χ0) is 11.5. The summed E-state index contributed by atoms with van der Waals surface area (Å²) in [6, 6.07) is 8.11. The lowest BCUT2D eigenvalue weighted by atomic mass is 10.0.